The number of carbonyl (C=O) groups is 1. The molecule has 0 aromatic rings. The van der Waals surface area contributed by atoms with Gasteiger partial charge in [0.1, 0.15) is 6.61 Å². The molecule has 20 heavy (non-hydrogen) atoms. The number of hydrogen-bond donors (Lipinski definition) is 1. The first-order valence-corrected chi connectivity index (χ1v) is 8.18. The molecule has 1 aliphatic heterocycles. The Morgan fingerprint density at radius 3 is 2.40 bits per heavy atom. The molecule has 0 bridgehead atoms. The Balaban J connectivity index is 1.81. The minimum atomic E-state index is -0.249. The summed E-state index contributed by atoms with van der Waals surface area (Å²) < 4.78 is 6.01. The summed E-state index contributed by atoms with van der Waals surface area (Å²) in [6.07, 6.45) is 6.60. The van der Waals surface area contributed by atoms with Gasteiger partial charge in [-0.1, -0.05) is 13.8 Å². The first-order valence-electron chi connectivity index (χ1n) is 8.18. The fourth-order valence-corrected chi connectivity index (χ4v) is 3.51. The molecule has 2 aliphatic rings. The Labute approximate surface area is 123 Å². The largest absolute Gasteiger partial charge is 0.364 e. The van der Waals surface area contributed by atoms with Gasteiger partial charge in [0.05, 0.1) is 5.60 Å². The normalized spacial score (nSPS) is 31.0. The van der Waals surface area contributed by atoms with E-state index in [2.05, 4.69) is 13.8 Å². The van der Waals surface area contributed by atoms with Crippen LogP contribution in [0.4, 0.5) is 0 Å². The van der Waals surface area contributed by atoms with Crippen LogP contribution in [0.15, 0.2) is 0 Å². The SMILES string of the molecule is CC(C)C1CCC(CN)(OCC(=O)N2CCCC2)CC1. The van der Waals surface area contributed by atoms with Crippen LogP contribution >= 0.6 is 0 Å². The summed E-state index contributed by atoms with van der Waals surface area (Å²) in [4.78, 5) is 14.0. The van der Waals surface area contributed by atoms with E-state index in [0.29, 0.717) is 6.54 Å². The van der Waals surface area contributed by atoms with Gasteiger partial charge in [-0.2, -0.15) is 0 Å². The molecule has 2 rings (SSSR count). The van der Waals surface area contributed by atoms with Crippen molar-refractivity contribution in [1.82, 2.24) is 4.90 Å². The second-order valence-corrected chi connectivity index (χ2v) is 6.85. The highest BCUT2D eigenvalue weighted by Gasteiger charge is 2.36. The van der Waals surface area contributed by atoms with Crippen LogP contribution in [0.2, 0.25) is 0 Å². The van der Waals surface area contributed by atoms with E-state index in [1.54, 1.807) is 0 Å². The van der Waals surface area contributed by atoms with Gasteiger partial charge in [0.25, 0.3) is 0 Å². The summed E-state index contributed by atoms with van der Waals surface area (Å²) in [6, 6.07) is 0. The van der Waals surface area contributed by atoms with Gasteiger partial charge < -0.3 is 15.4 Å². The third-order valence-corrected chi connectivity index (χ3v) is 5.22. The maximum Gasteiger partial charge on any atom is 0.248 e. The van der Waals surface area contributed by atoms with E-state index >= 15 is 0 Å². The first kappa shape index (κ1) is 15.8. The van der Waals surface area contributed by atoms with Crippen LogP contribution in [0.25, 0.3) is 0 Å². The number of nitrogens with two attached hydrogens (primary N) is 1. The van der Waals surface area contributed by atoms with Gasteiger partial charge in [-0.05, 0) is 50.4 Å². The molecule has 0 unspecified atom stereocenters. The molecular weight excluding hydrogens is 252 g/mol. The summed E-state index contributed by atoms with van der Waals surface area (Å²) >= 11 is 0. The third-order valence-electron chi connectivity index (χ3n) is 5.22. The quantitative estimate of drug-likeness (QED) is 0.841. The molecule has 0 atom stereocenters. The van der Waals surface area contributed by atoms with Crippen LogP contribution in [0, 0.1) is 11.8 Å². The number of hydrogen-bond acceptors (Lipinski definition) is 3. The molecule has 1 heterocycles. The molecule has 2 fully saturated rings. The minimum absolute atomic E-state index is 0.140. The van der Waals surface area contributed by atoms with Crippen molar-refractivity contribution in [2.24, 2.45) is 17.6 Å². The summed E-state index contributed by atoms with van der Waals surface area (Å²) in [5.74, 6) is 1.66. The molecule has 116 valence electrons. The van der Waals surface area contributed by atoms with Crippen LogP contribution in [-0.4, -0.2) is 42.6 Å². The number of likely N-dealkylation sites (tertiary alicyclic amines) is 1. The van der Waals surface area contributed by atoms with Crippen molar-refractivity contribution >= 4 is 5.91 Å². The Bertz CT molecular complexity index is 316. The number of ether oxygens (including phenoxy) is 1. The van der Waals surface area contributed by atoms with E-state index in [1.165, 1.54) is 12.8 Å². The lowest BCUT2D eigenvalue weighted by molar-refractivity contribution is -0.145. The van der Waals surface area contributed by atoms with Crippen molar-refractivity contribution in [2.45, 2.75) is 58.0 Å². The molecular formula is C16H30N2O2. The lowest BCUT2D eigenvalue weighted by atomic mass is 9.74. The fraction of sp³-hybridized carbons (Fsp3) is 0.938. The zero-order valence-corrected chi connectivity index (χ0v) is 13.1. The topological polar surface area (TPSA) is 55.6 Å². The summed E-state index contributed by atoms with van der Waals surface area (Å²) in [5, 5.41) is 0. The molecule has 0 radical (unpaired) electrons. The van der Waals surface area contributed by atoms with E-state index in [1.807, 2.05) is 4.90 Å². The molecule has 1 saturated heterocycles. The van der Waals surface area contributed by atoms with Crippen molar-refractivity contribution in [3.63, 3.8) is 0 Å². The van der Waals surface area contributed by atoms with Gasteiger partial charge in [-0.3, -0.25) is 4.79 Å². The van der Waals surface area contributed by atoms with Gasteiger partial charge >= 0.3 is 0 Å². The molecule has 4 nitrogen and oxygen atoms in total. The van der Waals surface area contributed by atoms with E-state index in [-0.39, 0.29) is 18.1 Å². The van der Waals surface area contributed by atoms with Crippen LogP contribution in [-0.2, 0) is 9.53 Å². The molecule has 0 aromatic heterocycles. The van der Waals surface area contributed by atoms with Crippen molar-refractivity contribution in [3.8, 4) is 0 Å². The van der Waals surface area contributed by atoms with Gasteiger partial charge in [0.15, 0.2) is 0 Å². The molecule has 2 N–H and O–H groups in total. The molecule has 1 amide bonds. The predicted octanol–water partition coefficient (Wildman–Crippen LogP) is 2.17. The monoisotopic (exact) mass is 282 g/mol. The highest BCUT2D eigenvalue weighted by Crippen LogP contribution is 2.37. The van der Waals surface area contributed by atoms with Gasteiger partial charge in [0.2, 0.25) is 5.91 Å². The average molecular weight is 282 g/mol. The van der Waals surface area contributed by atoms with E-state index in [9.17, 15) is 4.79 Å². The zero-order valence-electron chi connectivity index (χ0n) is 13.1. The standard InChI is InChI=1S/C16H30N2O2/c1-13(2)14-5-7-16(12-17,8-6-14)20-11-15(19)18-9-3-4-10-18/h13-14H,3-12,17H2,1-2H3. The van der Waals surface area contributed by atoms with Crippen molar-refractivity contribution < 1.29 is 9.53 Å². The van der Waals surface area contributed by atoms with E-state index in [0.717, 1.165) is 50.6 Å². The highest BCUT2D eigenvalue weighted by atomic mass is 16.5. The summed E-state index contributed by atoms with van der Waals surface area (Å²) in [7, 11) is 0. The molecule has 1 aliphatic carbocycles. The second kappa shape index (κ2) is 6.90. The Morgan fingerprint density at radius 1 is 1.30 bits per heavy atom. The maximum absolute atomic E-state index is 12.1. The smallest absolute Gasteiger partial charge is 0.248 e. The van der Waals surface area contributed by atoms with Gasteiger partial charge in [-0.25, -0.2) is 0 Å². The minimum Gasteiger partial charge on any atom is -0.364 e. The number of amides is 1. The third kappa shape index (κ3) is 3.73. The van der Waals surface area contributed by atoms with Crippen molar-refractivity contribution in [1.29, 1.82) is 0 Å². The molecule has 0 spiro atoms. The van der Waals surface area contributed by atoms with Gasteiger partial charge in [-0.15, -0.1) is 0 Å². The zero-order chi connectivity index (χ0) is 14.6. The average Bonchev–Trinajstić information content (AvgIpc) is 2.99. The lowest BCUT2D eigenvalue weighted by Crippen LogP contribution is -2.46. The van der Waals surface area contributed by atoms with Crippen LogP contribution in [0.3, 0.4) is 0 Å². The number of rotatable bonds is 5. The second-order valence-electron chi connectivity index (χ2n) is 6.85. The summed E-state index contributed by atoms with van der Waals surface area (Å²) in [6.45, 7) is 7.12. The van der Waals surface area contributed by atoms with Gasteiger partial charge in [0, 0.05) is 19.6 Å². The molecule has 1 saturated carbocycles. The maximum atomic E-state index is 12.1. The van der Waals surface area contributed by atoms with E-state index < -0.39 is 0 Å². The molecule has 4 heteroatoms. The number of carbonyl (C=O) groups excluding carboxylic acids is 1. The Hall–Kier alpha value is -0.610. The van der Waals surface area contributed by atoms with Crippen LogP contribution in [0.5, 0.6) is 0 Å². The van der Waals surface area contributed by atoms with Crippen LogP contribution < -0.4 is 5.73 Å². The highest BCUT2D eigenvalue weighted by molar-refractivity contribution is 5.77. The predicted molar refractivity (Wildman–Crippen MR) is 80.3 cm³/mol. The lowest BCUT2D eigenvalue weighted by Gasteiger charge is -2.40. The first-order chi connectivity index (χ1) is 9.56. The number of nitrogens with zero attached hydrogens (tertiary/aromatic N) is 1. The molecule has 0 aromatic carbocycles. The van der Waals surface area contributed by atoms with Crippen molar-refractivity contribution in [2.75, 3.05) is 26.2 Å². The fourth-order valence-electron chi connectivity index (χ4n) is 3.51. The van der Waals surface area contributed by atoms with Crippen molar-refractivity contribution in [3.05, 3.63) is 0 Å². The van der Waals surface area contributed by atoms with E-state index in [4.69, 9.17) is 10.5 Å². The Kier molecular flexibility index (Phi) is 5.44. The van der Waals surface area contributed by atoms with Crippen LogP contribution in [0.1, 0.15) is 52.4 Å². The summed E-state index contributed by atoms with van der Waals surface area (Å²) in [5.41, 5.74) is 5.70. The Morgan fingerprint density at radius 2 is 1.90 bits per heavy atom.